The molecule has 0 aliphatic heterocycles. The highest BCUT2D eigenvalue weighted by Crippen LogP contribution is 2.21. The molecule has 2 aromatic heterocycles. The second kappa shape index (κ2) is 11.2. The molecule has 1 unspecified atom stereocenters. The third-order valence-corrected chi connectivity index (χ3v) is 5.14. The van der Waals surface area contributed by atoms with Gasteiger partial charge in [-0.15, -0.1) is 0 Å². The fraction of sp³-hybridized carbons (Fsp3) is 0.480. The smallest absolute Gasteiger partial charge is 0.407 e. The van der Waals surface area contributed by atoms with Crippen LogP contribution in [0.25, 0.3) is 11.2 Å². The quantitative estimate of drug-likeness (QED) is 0.465. The number of benzene rings is 1. The molecular weight excluding hydrogens is 432 g/mol. The van der Waals surface area contributed by atoms with Crippen LogP contribution in [0.5, 0.6) is 0 Å². The minimum absolute atomic E-state index is 0.154. The number of ether oxygens (including phenoxy) is 1. The van der Waals surface area contributed by atoms with Crippen molar-refractivity contribution in [2.45, 2.75) is 59.2 Å². The van der Waals surface area contributed by atoms with E-state index in [4.69, 9.17) is 9.72 Å². The Bertz CT molecular complexity index is 1150. The first kappa shape index (κ1) is 25.3. The molecule has 3 rings (SSSR count). The topological polar surface area (TPSA) is 111 Å². The van der Waals surface area contributed by atoms with Gasteiger partial charge in [0.1, 0.15) is 11.4 Å². The van der Waals surface area contributed by atoms with Gasteiger partial charge in [0.15, 0.2) is 11.2 Å². The van der Waals surface area contributed by atoms with Crippen molar-refractivity contribution < 1.29 is 9.53 Å². The Kier molecular flexibility index (Phi) is 8.33. The van der Waals surface area contributed by atoms with Gasteiger partial charge in [0, 0.05) is 18.9 Å². The molecule has 0 saturated heterocycles. The number of carbonyl (C=O) groups is 1. The highest BCUT2D eigenvalue weighted by Gasteiger charge is 2.24. The van der Waals surface area contributed by atoms with Crippen LogP contribution in [0.4, 0.5) is 4.79 Å². The number of nitrogens with zero attached hydrogens (tertiary/aromatic N) is 4. The number of alkyl carbamates (subject to hydrolysis) is 1. The monoisotopic (exact) mass is 466 g/mol. The lowest BCUT2D eigenvalue weighted by atomic mass is 10.0. The SMILES string of the molecule is CC(C)C(NCCCNC(=O)OC(C)(C)C)c1nc2nccnc2c(=O)n1Cc1ccccc1. The van der Waals surface area contributed by atoms with Gasteiger partial charge in [-0.25, -0.2) is 19.7 Å². The van der Waals surface area contributed by atoms with Crippen LogP contribution in [-0.2, 0) is 11.3 Å². The van der Waals surface area contributed by atoms with Crippen LogP contribution in [0.1, 0.15) is 58.5 Å². The number of fused-ring (bicyclic) bond motifs is 1. The van der Waals surface area contributed by atoms with Gasteiger partial charge < -0.3 is 15.4 Å². The average Bonchev–Trinajstić information content (AvgIpc) is 2.77. The van der Waals surface area contributed by atoms with Crippen LogP contribution in [0, 0.1) is 5.92 Å². The van der Waals surface area contributed by atoms with E-state index < -0.39 is 11.7 Å². The number of aromatic nitrogens is 4. The van der Waals surface area contributed by atoms with Crippen molar-refractivity contribution in [1.82, 2.24) is 30.2 Å². The van der Waals surface area contributed by atoms with Gasteiger partial charge in [-0.2, -0.15) is 0 Å². The van der Waals surface area contributed by atoms with Crippen molar-refractivity contribution in [1.29, 1.82) is 0 Å². The zero-order chi connectivity index (χ0) is 24.7. The van der Waals surface area contributed by atoms with Crippen LogP contribution in [0.3, 0.4) is 0 Å². The molecule has 1 aromatic carbocycles. The van der Waals surface area contributed by atoms with Gasteiger partial charge in [0.2, 0.25) is 0 Å². The van der Waals surface area contributed by atoms with Gasteiger partial charge in [0.05, 0.1) is 12.6 Å². The fourth-order valence-electron chi connectivity index (χ4n) is 3.60. The van der Waals surface area contributed by atoms with E-state index in [1.54, 1.807) is 10.8 Å². The molecule has 0 radical (unpaired) electrons. The molecule has 2 heterocycles. The van der Waals surface area contributed by atoms with Gasteiger partial charge >= 0.3 is 6.09 Å². The summed E-state index contributed by atoms with van der Waals surface area (Å²) in [7, 11) is 0. The summed E-state index contributed by atoms with van der Waals surface area (Å²) in [5.41, 5.74) is 0.853. The van der Waals surface area contributed by atoms with Crippen LogP contribution in [0.15, 0.2) is 47.5 Å². The minimum Gasteiger partial charge on any atom is -0.444 e. The lowest BCUT2D eigenvalue weighted by Gasteiger charge is -2.25. The fourth-order valence-corrected chi connectivity index (χ4v) is 3.60. The number of hydrogen-bond acceptors (Lipinski definition) is 7. The van der Waals surface area contributed by atoms with E-state index in [2.05, 4.69) is 34.4 Å². The van der Waals surface area contributed by atoms with E-state index in [0.29, 0.717) is 37.5 Å². The molecule has 0 bridgehead atoms. The Hall–Kier alpha value is -3.33. The molecule has 0 saturated carbocycles. The predicted octanol–water partition coefficient (Wildman–Crippen LogP) is 3.44. The Morgan fingerprint density at radius 3 is 2.47 bits per heavy atom. The average molecular weight is 467 g/mol. The zero-order valence-electron chi connectivity index (χ0n) is 20.5. The lowest BCUT2D eigenvalue weighted by Crippen LogP contribution is -2.37. The molecule has 34 heavy (non-hydrogen) atoms. The summed E-state index contributed by atoms with van der Waals surface area (Å²) in [6.45, 7) is 11.1. The summed E-state index contributed by atoms with van der Waals surface area (Å²) >= 11 is 0. The Morgan fingerprint density at radius 1 is 1.09 bits per heavy atom. The summed E-state index contributed by atoms with van der Waals surface area (Å²) in [5.74, 6) is 0.777. The van der Waals surface area contributed by atoms with Crippen LogP contribution >= 0.6 is 0 Å². The second-order valence-electron chi connectivity index (χ2n) is 9.53. The molecule has 0 spiro atoms. The predicted molar refractivity (Wildman–Crippen MR) is 132 cm³/mol. The molecule has 1 atom stereocenters. The summed E-state index contributed by atoms with van der Waals surface area (Å²) < 4.78 is 6.95. The van der Waals surface area contributed by atoms with Crippen molar-refractivity contribution in [3.05, 3.63) is 64.5 Å². The van der Waals surface area contributed by atoms with Crippen LogP contribution in [-0.4, -0.2) is 44.3 Å². The first-order valence-electron chi connectivity index (χ1n) is 11.6. The number of amides is 1. The molecular formula is C25H34N6O3. The number of hydrogen-bond donors (Lipinski definition) is 2. The van der Waals surface area contributed by atoms with Crippen LogP contribution in [0.2, 0.25) is 0 Å². The molecule has 0 aliphatic carbocycles. The second-order valence-corrected chi connectivity index (χ2v) is 9.53. The molecule has 9 nitrogen and oxygen atoms in total. The Morgan fingerprint density at radius 2 is 1.79 bits per heavy atom. The highest BCUT2D eigenvalue weighted by molar-refractivity contribution is 5.68. The summed E-state index contributed by atoms with van der Waals surface area (Å²) in [5, 5.41) is 6.28. The maximum Gasteiger partial charge on any atom is 0.407 e. The van der Waals surface area contributed by atoms with Gasteiger partial charge in [-0.3, -0.25) is 9.36 Å². The number of nitrogens with one attached hydrogen (secondary N) is 2. The summed E-state index contributed by atoms with van der Waals surface area (Å²) in [6.07, 6.45) is 3.31. The van der Waals surface area contributed by atoms with E-state index in [9.17, 15) is 9.59 Å². The van der Waals surface area contributed by atoms with Crippen molar-refractivity contribution in [2.75, 3.05) is 13.1 Å². The molecule has 3 aromatic rings. The van der Waals surface area contributed by atoms with Crippen molar-refractivity contribution in [3.8, 4) is 0 Å². The van der Waals surface area contributed by atoms with E-state index >= 15 is 0 Å². The zero-order valence-corrected chi connectivity index (χ0v) is 20.5. The summed E-state index contributed by atoms with van der Waals surface area (Å²) in [4.78, 5) is 38.5. The normalized spacial score (nSPS) is 12.6. The third kappa shape index (κ3) is 6.84. The molecule has 1 amide bonds. The van der Waals surface area contributed by atoms with E-state index in [0.717, 1.165) is 5.56 Å². The number of carbonyl (C=O) groups excluding carboxylic acids is 1. The van der Waals surface area contributed by atoms with Crippen molar-refractivity contribution in [3.63, 3.8) is 0 Å². The molecule has 2 N–H and O–H groups in total. The highest BCUT2D eigenvalue weighted by atomic mass is 16.6. The molecule has 0 aliphatic rings. The van der Waals surface area contributed by atoms with Gasteiger partial charge in [-0.1, -0.05) is 44.2 Å². The lowest BCUT2D eigenvalue weighted by molar-refractivity contribution is 0.0527. The molecule has 182 valence electrons. The molecule has 9 heteroatoms. The maximum absolute atomic E-state index is 13.4. The van der Waals surface area contributed by atoms with Gasteiger partial charge in [-0.05, 0) is 45.2 Å². The molecule has 0 fully saturated rings. The van der Waals surface area contributed by atoms with E-state index in [1.807, 2.05) is 51.1 Å². The van der Waals surface area contributed by atoms with E-state index in [1.165, 1.54) is 6.20 Å². The Labute approximate surface area is 200 Å². The number of rotatable bonds is 9. The third-order valence-electron chi connectivity index (χ3n) is 5.14. The van der Waals surface area contributed by atoms with Crippen molar-refractivity contribution in [2.24, 2.45) is 5.92 Å². The largest absolute Gasteiger partial charge is 0.444 e. The van der Waals surface area contributed by atoms with Crippen LogP contribution < -0.4 is 16.2 Å². The first-order chi connectivity index (χ1) is 16.2. The minimum atomic E-state index is -0.530. The summed E-state index contributed by atoms with van der Waals surface area (Å²) in [6, 6.07) is 9.62. The Balaban J connectivity index is 1.80. The standard InChI is InChI=1S/C25H34N6O3/c1-17(2)19(26-12-9-13-29-24(33)34-25(3,4)5)22-30-21-20(27-14-15-28-21)23(32)31(22)16-18-10-7-6-8-11-18/h6-8,10-11,14-15,17,19,26H,9,12-13,16H2,1-5H3,(H,29,33). The van der Waals surface area contributed by atoms with E-state index in [-0.39, 0.29) is 23.0 Å². The maximum atomic E-state index is 13.4. The van der Waals surface area contributed by atoms with Gasteiger partial charge in [0.25, 0.3) is 5.56 Å². The van der Waals surface area contributed by atoms with Crippen molar-refractivity contribution >= 4 is 17.3 Å². The first-order valence-corrected chi connectivity index (χ1v) is 11.6.